The molecule has 2 aromatic carbocycles. The Balaban J connectivity index is 2.01. The van der Waals surface area contributed by atoms with Gasteiger partial charge >= 0.3 is 0 Å². The number of carbonyl (C=O) groups is 1. The number of nitrogens with one attached hydrogen (secondary N) is 1. The summed E-state index contributed by atoms with van der Waals surface area (Å²) in [6, 6.07) is 17.9. The fraction of sp³-hybridized carbons (Fsp3) is 0.278. The van der Waals surface area contributed by atoms with Gasteiger partial charge in [-0.15, -0.1) is 0 Å². The molecule has 0 radical (unpaired) electrons. The molecule has 0 aliphatic carbocycles. The van der Waals surface area contributed by atoms with Crippen LogP contribution >= 0.6 is 0 Å². The van der Waals surface area contributed by atoms with Crippen LogP contribution in [-0.2, 0) is 12.8 Å². The summed E-state index contributed by atoms with van der Waals surface area (Å²) < 4.78 is 0. The van der Waals surface area contributed by atoms with Crippen LogP contribution in [0.15, 0.2) is 54.6 Å². The minimum atomic E-state index is -0.0255. The zero-order valence-corrected chi connectivity index (χ0v) is 12.4. The molecule has 110 valence electrons. The van der Waals surface area contributed by atoms with Crippen molar-refractivity contribution in [1.29, 1.82) is 0 Å². The Bertz CT molecular complexity index is 581. The van der Waals surface area contributed by atoms with Gasteiger partial charge in [-0.3, -0.25) is 4.79 Å². The van der Waals surface area contributed by atoms with Crippen LogP contribution in [0.25, 0.3) is 0 Å². The van der Waals surface area contributed by atoms with E-state index in [1.807, 2.05) is 49.4 Å². The van der Waals surface area contributed by atoms with Gasteiger partial charge in [0.05, 0.1) is 0 Å². The van der Waals surface area contributed by atoms with Crippen LogP contribution in [0.4, 0.5) is 0 Å². The molecule has 1 unspecified atom stereocenters. The monoisotopic (exact) mass is 282 g/mol. The van der Waals surface area contributed by atoms with Crippen molar-refractivity contribution >= 4 is 5.91 Å². The summed E-state index contributed by atoms with van der Waals surface area (Å²) in [4.78, 5) is 12.4. The Hall–Kier alpha value is -2.13. The maximum Gasteiger partial charge on any atom is 0.251 e. The lowest BCUT2D eigenvalue weighted by Gasteiger charge is -2.15. The van der Waals surface area contributed by atoms with E-state index in [0.717, 1.165) is 24.0 Å². The van der Waals surface area contributed by atoms with E-state index in [4.69, 9.17) is 5.73 Å². The maximum atomic E-state index is 12.4. The average Bonchev–Trinajstić information content (AvgIpc) is 2.49. The van der Waals surface area contributed by atoms with Crippen molar-refractivity contribution in [3.8, 4) is 0 Å². The Labute approximate surface area is 126 Å². The van der Waals surface area contributed by atoms with Crippen molar-refractivity contribution in [1.82, 2.24) is 5.32 Å². The number of benzene rings is 2. The number of nitrogens with two attached hydrogens (primary N) is 1. The summed E-state index contributed by atoms with van der Waals surface area (Å²) in [5, 5.41) is 3.06. The van der Waals surface area contributed by atoms with Gasteiger partial charge in [0.1, 0.15) is 0 Å². The maximum absolute atomic E-state index is 12.4. The summed E-state index contributed by atoms with van der Waals surface area (Å²) in [6.07, 6.45) is 1.54. The molecule has 0 heterocycles. The van der Waals surface area contributed by atoms with E-state index in [9.17, 15) is 4.79 Å². The summed E-state index contributed by atoms with van der Waals surface area (Å²) in [5.74, 6) is -0.0255. The first-order chi connectivity index (χ1) is 10.2. The van der Waals surface area contributed by atoms with Gasteiger partial charge in [0.15, 0.2) is 0 Å². The molecule has 2 aromatic rings. The highest BCUT2D eigenvalue weighted by atomic mass is 16.1. The lowest BCUT2D eigenvalue weighted by molar-refractivity contribution is 0.0939. The SMILES string of the molecule is CC(Cc1ccccc1)NC(=O)c1ccccc1CCN. The lowest BCUT2D eigenvalue weighted by Crippen LogP contribution is -2.34. The zero-order valence-electron chi connectivity index (χ0n) is 12.4. The molecular weight excluding hydrogens is 260 g/mol. The number of carbonyl (C=O) groups excluding carboxylic acids is 1. The van der Waals surface area contributed by atoms with Crippen molar-refractivity contribution in [2.75, 3.05) is 6.54 Å². The van der Waals surface area contributed by atoms with E-state index in [-0.39, 0.29) is 11.9 Å². The molecule has 21 heavy (non-hydrogen) atoms. The minimum absolute atomic E-state index is 0.0255. The highest BCUT2D eigenvalue weighted by Crippen LogP contribution is 2.10. The fourth-order valence-electron chi connectivity index (χ4n) is 2.44. The molecule has 2 rings (SSSR count). The molecular formula is C18H22N2O. The predicted octanol–water partition coefficient (Wildman–Crippen LogP) is 2.55. The third-order valence-electron chi connectivity index (χ3n) is 3.44. The summed E-state index contributed by atoms with van der Waals surface area (Å²) in [5.41, 5.74) is 8.55. The van der Waals surface area contributed by atoms with Gasteiger partial charge in [0.2, 0.25) is 0 Å². The molecule has 3 nitrogen and oxygen atoms in total. The number of rotatable bonds is 6. The highest BCUT2D eigenvalue weighted by Gasteiger charge is 2.13. The standard InChI is InChI=1S/C18H22N2O/c1-14(13-15-7-3-2-4-8-15)20-18(21)17-10-6-5-9-16(17)11-12-19/h2-10,14H,11-13,19H2,1H3,(H,20,21). The van der Waals surface area contributed by atoms with Gasteiger partial charge in [-0.05, 0) is 43.5 Å². The topological polar surface area (TPSA) is 55.1 Å². The Morgan fingerprint density at radius 2 is 1.76 bits per heavy atom. The second kappa shape index (κ2) is 7.60. The molecule has 0 bridgehead atoms. The van der Waals surface area contributed by atoms with E-state index in [2.05, 4.69) is 17.4 Å². The molecule has 0 saturated heterocycles. The largest absolute Gasteiger partial charge is 0.349 e. The van der Waals surface area contributed by atoms with Gasteiger partial charge in [-0.1, -0.05) is 48.5 Å². The molecule has 1 amide bonds. The van der Waals surface area contributed by atoms with E-state index in [1.165, 1.54) is 5.56 Å². The molecule has 0 aliphatic heterocycles. The van der Waals surface area contributed by atoms with Crippen LogP contribution in [0.1, 0.15) is 28.4 Å². The van der Waals surface area contributed by atoms with Crippen LogP contribution in [0.3, 0.4) is 0 Å². The van der Waals surface area contributed by atoms with E-state index in [1.54, 1.807) is 0 Å². The molecule has 0 aromatic heterocycles. The molecule has 0 saturated carbocycles. The molecule has 1 atom stereocenters. The first-order valence-corrected chi connectivity index (χ1v) is 7.33. The van der Waals surface area contributed by atoms with Gasteiger partial charge in [-0.2, -0.15) is 0 Å². The van der Waals surface area contributed by atoms with Crippen LogP contribution in [0.5, 0.6) is 0 Å². The number of hydrogen-bond donors (Lipinski definition) is 2. The Morgan fingerprint density at radius 3 is 2.48 bits per heavy atom. The Kier molecular flexibility index (Phi) is 5.52. The first kappa shape index (κ1) is 15.3. The van der Waals surface area contributed by atoms with Crippen molar-refractivity contribution < 1.29 is 4.79 Å². The van der Waals surface area contributed by atoms with E-state index < -0.39 is 0 Å². The van der Waals surface area contributed by atoms with Gasteiger partial charge < -0.3 is 11.1 Å². The third-order valence-corrected chi connectivity index (χ3v) is 3.44. The molecule has 0 fully saturated rings. The van der Waals surface area contributed by atoms with Crippen molar-refractivity contribution in [3.63, 3.8) is 0 Å². The number of amides is 1. The average molecular weight is 282 g/mol. The molecule has 0 spiro atoms. The summed E-state index contributed by atoms with van der Waals surface area (Å²) >= 11 is 0. The van der Waals surface area contributed by atoms with E-state index in [0.29, 0.717) is 6.54 Å². The zero-order chi connectivity index (χ0) is 15.1. The summed E-state index contributed by atoms with van der Waals surface area (Å²) in [6.45, 7) is 2.57. The minimum Gasteiger partial charge on any atom is -0.349 e. The van der Waals surface area contributed by atoms with Crippen LogP contribution in [0, 0.1) is 0 Å². The van der Waals surface area contributed by atoms with Crippen molar-refractivity contribution in [3.05, 3.63) is 71.3 Å². The fourth-order valence-corrected chi connectivity index (χ4v) is 2.44. The van der Waals surface area contributed by atoms with Crippen molar-refractivity contribution in [2.45, 2.75) is 25.8 Å². The van der Waals surface area contributed by atoms with Gasteiger partial charge in [-0.25, -0.2) is 0 Å². The Morgan fingerprint density at radius 1 is 1.10 bits per heavy atom. The quantitative estimate of drug-likeness (QED) is 0.855. The molecule has 3 heteroatoms. The second-order valence-corrected chi connectivity index (χ2v) is 5.26. The lowest BCUT2D eigenvalue weighted by atomic mass is 10.0. The van der Waals surface area contributed by atoms with Gasteiger partial charge in [0, 0.05) is 11.6 Å². The highest BCUT2D eigenvalue weighted by molar-refractivity contribution is 5.95. The summed E-state index contributed by atoms with van der Waals surface area (Å²) in [7, 11) is 0. The molecule has 3 N–H and O–H groups in total. The predicted molar refractivity (Wildman–Crippen MR) is 86.3 cm³/mol. The first-order valence-electron chi connectivity index (χ1n) is 7.33. The van der Waals surface area contributed by atoms with Crippen LogP contribution in [-0.4, -0.2) is 18.5 Å². The van der Waals surface area contributed by atoms with Crippen molar-refractivity contribution in [2.24, 2.45) is 5.73 Å². The number of hydrogen-bond acceptors (Lipinski definition) is 2. The molecule has 0 aliphatic rings. The van der Waals surface area contributed by atoms with Gasteiger partial charge in [0.25, 0.3) is 5.91 Å². The van der Waals surface area contributed by atoms with E-state index >= 15 is 0 Å². The third kappa shape index (κ3) is 4.43. The normalized spacial score (nSPS) is 11.9. The smallest absolute Gasteiger partial charge is 0.251 e. The van der Waals surface area contributed by atoms with Crippen LogP contribution < -0.4 is 11.1 Å². The second-order valence-electron chi connectivity index (χ2n) is 5.26. The van der Waals surface area contributed by atoms with Crippen LogP contribution in [0.2, 0.25) is 0 Å².